The third-order valence-corrected chi connectivity index (χ3v) is 6.46. The maximum Gasteiger partial charge on any atom is 0.240 e. The molecule has 0 bridgehead atoms. The van der Waals surface area contributed by atoms with Crippen molar-refractivity contribution < 1.29 is 13.2 Å². The minimum Gasteiger partial charge on any atom is -0.340 e. The Balaban J connectivity index is 1.62. The van der Waals surface area contributed by atoms with Crippen LogP contribution in [0.5, 0.6) is 0 Å². The van der Waals surface area contributed by atoms with E-state index in [1.807, 2.05) is 48.5 Å². The molecule has 4 rings (SSSR count). The molecule has 4 N–H and O–H groups in total. The lowest BCUT2D eigenvalue weighted by Gasteiger charge is -2.15. The number of amides is 1. The van der Waals surface area contributed by atoms with E-state index in [0.717, 1.165) is 11.1 Å². The molecule has 0 saturated carbocycles. The molecule has 4 aromatic rings. The van der Waals surface area contributed by atoms with Gasteiger partial charge in [-0.3, -0.25) is 4.79 Å². The Bertz CT molecular complexity index is 1460. The first kappa shape index (κ1) is 23.9. The van der Waals surface area contributed by atoms with E-state index < -0.39 is 10.0 Å². The minimum absolute atomic E-state index is 0.134. The smallest absolute Gasteiger partial charge is 0.240 e. The van der Waals surface area contributed by atoms with Crippen molar-refractivity contribution in [1.29, 1.82) is 0 Å². The van der Waals surface area contributed by atoms with E-state index in [4.69, 9.17) is 0 Å². The lowest BCUT2D eigenvalue weighted by molar-refractivity contribution is -0.114. The van der Waals surface area contributed by atoms with Gasteiger partial charge >= 0.3 is 0 Å². The molecule has 9 nitrogen and oxygen atoms in total. The van der Waals surface area contributed by atoms with Gasteiger partial charge in [-0.15, -0.1) is 0 Å². The summed E-state index contributed by atoms with van der Waals surface area (Å²) in [5.74, 6) is 0.752. The second kappa shape index (κ2) is 10.3. The van der Waals surface area contributed by atoms with Crippen LogP contribution in [0, 0.1) is 0 Å². The molecule has 0 aliphatic carbocycles. The number of sulfonamides is 1. The van der Waals surface area contributed by atoms with Gasteiger partial charge in [-0.05, 0) is 48.5 Å². The average Bonchev–Trinajstić information content (AvgIpc) is 2.86. The van der Waals surface area contributed by atoms with Gasteiger partial charge in [0.05, 0.1) is 16.3 Å². The molecular weight excluding hydrogens is 464 g/mol. The third-order valence-electron chi connectivity index (χ3n) is 5.05. The van der Waals surface area contributed by atoms with Crippen LogP contribution in [0.3, 0.4) is 0 Å². The van der Waals surface area contributed by atoms with Crippen LogP contribution in [0.4, 0.5) is 28.7 Å². The summed E-state index contributed by atoms with van der Waals surface area (Å²) in [6.45, 7) is 1.45. The molecular formula is C25H24N6O3S. The number of hydrogen-bond donors (Lipinski definition) is 4. The molecule has 1 heterocycles. The van der Waals surface area contributed by atoms with Gasteiger partial charge in [-0.2, -0.15) is 0 Å². The number of nitrogens with one attached hydrogen (secondary N) is 4. The molecule has 3 aromatic carbocycles. The number of rotatable bonds is 8. The molecule has 1 amide bonds. The Morgan fingerprint density at radius 3 is 2.23 bits per heavy atom. The molecule has 0 spiro atoms. The average molecular weight is 489 g/mol. The fourth-order valence-corrected chi connectivity index (χ4v) is 4.17. The van der Waals surface area contributed by atoms with E-state index in [2.05, 4.69) is 30.6 Å². The minimum atomic E-state index is -3.57. The van der Waals surface area contributed by atoms with Gasteiger partial charge in [-0.1, -0.05) is 42.5 Å². The molecule has 1 aromatic heterocycles. The number of hydrogen-bond acceptors (Lipinski definition) is 7. The van der Waals surface area contributed by atoms with E-state index in [1.54, 1.807) is 18.2 Å². The fraction of sp³-hybridized carbons (Fsp3) is 0.0800. The zero-order chi connectivity index (χ0) is 24.8. The third kappa shape index (κ3) is 5.99. The van der Waals surface area contributed by atoms with E-state index in [1.165, 1.54) is 32.4 Å². The highest BCUT2D eigenvalue weighted by Crippen LogP contribution is 2.31. The Morgan fingerprint density at radius 2 is 1.51 bits per heavy atom. The fourth-order valence-electron chi connectivity index (χ4n) is 3.40. The second-order valence-electron chi connectivity index (χ2n) is 7.58. The topological polar surface area (TPSA) is 125 Å². The quantitative estimate of drug-likeness (QED) is 0.288. The lowest BCUT2D eigenvalue weighted by Crippen LogP contribution is -2.18. The summed E-state index contributed by atoms with van der Waals surface area (Å²) in [6, 6.07) is 23.7. The second-order valence-corrected chi connectivity index (χ2v) is 9.47. The molecule has 35 heavy (non-hydrogen) atoms. The van der Waals surface area contributed by atoms with E-state index in [9.17, 15) is 13.2 Å². The van der Waals surface area contributed by atoms with Crippen LogP contribution in [-0.4, -0.2) is 31.3 Å². The number of carbonyl (C=O) groups excluding carboxylic acids is 1. The summed E-state index contributed by atoms with van der Waals surface area (Å²) in [4.78, 5) is 20.4. The predicted octanol–water partition coefficient (Wildman–Crippen LogP) is 4.50. The van der Waals surface area contributed by atoms with Crippen molar-refractivity contribution in [3.63, 3.8) is 0 Å². The first-order valence-electron chi connectivity index (χ1n) is 10.7. The maximum atomic E-state index is 12.1. The Hall–Kier alpha value is -4.28. The van der Waals surface area contributed by atoms with Crippen LogP contribution in [0.1, 0.15) is 6.92 Å². The van der Waals surface area contributed by atoms with Crippen LogP contribution in [-0.2, 0) is 14.8 Å². The van der Waals surface area contributed by atoms with Crippen molar-refractivity contribution in [2.24, 2.45) is 0 Å². The Labute approximate surface area is 203 Å². The summed E-state index contributed by atoms with van der Waals surface area (Å²) in [7, 11) is -2.21. The van der Waals surface area contributed by atoms with Gasteiger partial charge in [0, 0.05) is 18.7 Å². The Kier molecular flexibility index (Phi) is 7.04. The highest BCUT2D eigenvalue weighted by atomic mass is 32.2. The zero-order valence-electron chi connectivity index (χ0n) is 19.1. The van der Waals surface area contributed by atoms with Crippen molar-refractivity contribution in [1.82, 2.24) is 14.7 Å². The largest absolute Gasteiger partial charge is 0.340 e. The van der Waals surface area contributed by atoms with E-state index in [0.29, 0.717) is 28.7 Å². The summed E-state index contributed by atoms with van der Waals surface area (Å²) >= 11 is 0. The first-order chi connectivity index (χ1) is 16.8. The van der Waals surface area contributed by atoms with Crippen molar-refractivity contribution >= 4 is 44.6 Å². The molecule has 0 unspecified atom stereocenters. The molecule has 178 valence electrons. The summed E-state index contributed by atoms with van der Waals surface area (Å²) in [5, 5.41) is 9.17. The number of nitrogens with zero attached hydrogens (tertiary/aromatic N) is 2. The van der Waals surface area contributed by atoms with Gasteiger partial charge in [0.1, 0.15) is 18.0 Å². The molecule has 0 radical (unpaired) electrons. The van der Waals surface area contributed by atoms with Gasteiger partial charge in [0.15, 0.2) is 0 Å². The van der Waals surface area contributed by atoms with Gasteiger partial charge in [-0.25, -0.2) is 23.1 Å². The number of carbonyl (C=O) groups is 1. The lowest BCUT2D eigenvalue weighted by atomic mass is 10.0. The molecule has 10 heteroatoms. The zero-order valence-corrected chi connectivity index (χ0v) is 19.9. The van der Waals surface area contributed by atoms with E-state index >= 15 is 0 Å². The van der Waals surface area contributed by atoms with Gasteiger partial charge in [0.25, 0.3) is 0 Å². The van der Waals surface area contributed by atoms with Crippen molar-refractivity contribution in [3.05, 3.63) is 85.2 Å². The Morgan fingerprint density at radius 1 is 0.771 bits per heavy atom. The molecule has 0 aliphatic rings. The first-order valence-corrected chi connectivity index (χ1v) is 12.2. The van der Waals surface area contributed by atoms with Crippen LogP contribution < -0.4 is 20.7 Å². The molecule has 0 atom stereocenters. The van der Waals surface area contributed by atoms with Crippen LogP contribution >= 0.6 is 0 Å². The van der Waals surface area contributed by atoms with Gasteiger partial charge in [0.2, 0.25) is 15.9 Å². The SMILES string of the molecule is CNS(=O)(=O)c1cccc(Nc2cc(Nc3cc(-c4ccccc4)ccc3NC(C)=O)ncn2)c1. The van der Waals surface area contributed by atoms with Crippen molar-refractivity contribution in [2.45, 2.75) is 11.8 Å². The van der Waals surface area contributed by atoms with Gasteiger partial charge < -0.3 is 16.0 Å². The normalized spacial score (nSPS) is 11.0. The summed E-state index contributed by atoms with van der Waals surface area (Å²) < 4.78 is 26.5. The van der Waals surface area contributed by atoms with Crippen LogP contribution in [0.15, 0.2) is 90.1 Å². The highest BCUT2D eigenvalue weighted by Gasteiger charge is 2.12. The van der Waals surface area contributed by atoms with E-state index in [-0.39, 0.29) is 10.8 Å². The number of aromatic nitrogens is 2. The highest BCUT2D eigenvalue weighted by molar-refractivity contribution is 7.89. The van der Waals surface area contributed by atoms with Crippen molar-refractivity contribution in [3.8, 4) is 11.1 Å². The standard InChI is InChI=1S/C25H24N6O3S/c1-17(32)29-22-12-11-19(18-7-4-3-5-8-18)13-23(22)31-25-15-24(27-16-28-25)30-20-9-6-10-21(14-20)35(33,34)26-2/h3-16,26H,1-2H3,(H,29,32)(H2,27,28,30,31). The van der Waals surface area contributed by atoms with Crippen LogP contribution in [0.2, 0.25) is 0 Å². The summed E-state index contributed by atoms with van der Waals surface area (Å²) in [5.41, 5.74) is 3.82. The number of benzene rings is 3. The predicted molar refractivity (Wildman–Crippen MR) is 137 cm³/mol. The molecule has 0 aliphatic heterocycles. The monoisotopic (exact) mass is 488 g/mol. The maximum absolute atomic E-state index is 12.1. The summed E-state index contributed by atoms with van der Waals surface area (Å²) in [6.07, 6.45) is 1.39. The van der Waals surface area contributed by atoms with Crippen LogP contribution in [0.25, 0.3) is 11.1 Å². The number of anilines is 5. The molecule has 0 saturated heterocycles. The van der Waals surface area contributed by atoms with Crippen molar-refractivity contribution in [2.75, 3.05) is 23.0 Å². The molecule has 0 fully saturated rings.